The fourth-order valence-corrected chi connectivity index (χ4v) is 3.99. The van der Waals surface area contributed by atoms with Crippen molar-refractivity contribution < 1.29 is 13.2 Å². The molecule has 0 saturated carbocycles. The zero-order valence-corrected chi connectivity index (χ0v) is 14.5. The van der Waals surface area contributed by atoms with Gasteiger partial charge in [-0.1, -0.05) is 19.9 Å². The third kappa shape index (κ3) is 4.33. The first kappa shape index (κ1) is 17.2. The maximum absolute atomic E-state index is 12.2. The van der Waals surface area contributed by atoms with Gasteiger partial charge in [-0.15, -0.1) is 0 Å². The van der Waals surface area contributed by atoms with Crippen LogP contribution in [-0.4, -0.2) is 27.3 Å². The lowest BCUT2D eigenvalue weighted by Crippen LogP contribution is -2.39. The van der Waals surface area contributed by atoms with Crippen molar-refractivity contribution in [2.75, 3.05) is 11.5 Å². The lowest BCUT2D eigenvalue weighted by molar-refractivity contribution is 0.447. The van der Waals surface area contributed by atoms with Crippen molar-refractivity contribution >= 4 is 23.8 Å². The zero-order valence-electron chi connectivity index (χ0n) is 12.7. The van der Waals surface area contributed by atoms with Crippen molar-refractivity contribution in [3.8, 4) is 0 Å². The van der Waals surface area contributed by atoms with Crippen LogP contribution in [0.3, 0.4) is 0 Å². The number of benzene rings is 1. The first-order valence-corrected chi connectivity index (χ1v) is 11.4. The second-order valence-electron chi connectivity index (χ2n) is 6.44. The topological polar surface area (TPSA) is 80.4 Å². The molecule has 0 atom stereocenters. The molecule has 0 fully saturated rings. The first-order valence-electron chi connectivity index (χ1n) is 6.76. The Labute approximate surface area is 123 Å². The Morgan fingerprint density at radius 2 is 1.90 bits per heavy atom. The van der Waals surface area contributed by atoms with Crippen LogP contribution in [-0.2, 0) is 9.84 Å². The van der Waals surface area contributed by atoms with Crippen LogP contribution in [0, 0.1) is 0 Å². The molecule has 114 valence electrons. The number of anilines is 1. The molecule has 0 heterocycles. The Bertz CT molecular complexity index is 562. The van der Waals surface area contributed by atoms with Crippen LogP contribution in [0.15, 0.2) is 29.2 Å². The predicted octanol–water partition coefficient (Wildman–Crippen LogP) is 2.80. The monoisotopic (exact) mass is 315 g/mol. The lowest BCUT2D eigenvalue weighted by atomic mass is 10.1. The van der Waals surface area contributed by atoms with Crippen LogP contribution < -0.4 is 5.73 Å². The van der Waals surface area contributed by atoms with Gasteiger partial charge in [-0.25, -0.2) is 8.42 Å². The molecule has 0 aliphatic heterocycles. The molecule has 0 bridgehead atoms. The van der Waals surface area contributed by atoms with Crippen LogP contribution in [0.5, 0.6) is 0 Å². The second kappa shape index (κ2) is 5.87. The van der Waals surface area contributed by atoms with Crippen molar-refractivity contribution in [2.24, 2.45) is 0 Å². The summed E-state index contributed by atoms with van der Waals surface area (Å²) in [7, 11) is -5.58. The highest BCUT2D eigenvalue weighted by Gasteiger charge is 2.37. The van der Waals surface area contributed by atoms with E-state index in [1.165, 1.54) is 6.07 Å². The minimum Gasteiger partial charge on any atom is -0.432 e. The molecule has 1 rings (SSSR count). The average molecular weight is 316 g/mol. The highest BCUT2D eigenvalue weighted by molar-refractivity contribution is 7.91. The highest BCUT2D eigenvalue weighted by atomic mass is 32.2. The summed E-state index contributed by atoms with van der Waals surface area (Å²) in [6.45, 7) is 7.79. The number of nitrogen functional groups attached to an aromatic ring is 1. The SMILES string of the molecule is CC(C)(CCCS(=O)(=O)c1cccc(N)c1)[Si](C)(C)O. The van der Waals surface area contributed by atoms with Gasteiger partial charge in [-0.3, -0.25) is 0 Å². The van der Waals surface area contributed by atoms with E-state index in [4.69, 9.17) is 5.73 Å². The molecule has 4 nitrogen and oxygen atoms in total. The molecule has 0 radical (unpaired) electrons. The number of hydrogen-bond donors (Lipinski definition) is 2. The Morgan fingerprint density at radius 1 is 1.30 bits per heavy atom. The van der Waals surface area contributed by atoms with Crippen LogP contribution in [0.2, 0.25) is 18.1 Å². The van der Waals surface area contributed by atoms with E-state index in [0.29, 0.717) is 18.5 Å². The van der Waals surface area contributed by atoms with Gasteiger partial charge in [0.25, 0.3) is 0 Å². The van der Waals surface area contributed by atoms with E-state index < -0.39 is 18.2 Å². The summed E-state index contributed by atoms with van der Waals surface area (Å²) < 4.78 is 24.4. The minimum atomic E-state index is -3.30. The Morgan fingerprint density at radius 3 is 2.40 bits per heavy atom. The number of rotatable bonds is 6. The lowest BCUT2D eigenvalue weighted by Gasteiger charge is -2.35. The van der Waals surface area contributed by atoms with Crippen LogP contribution >= 0.6 is 0 Å². The van der Waals surface area contributed by atoms with E-state index in [1.807, 2.05) is 26.9 Å². The third-order valence-corrected chi connectivity index (χ3v) is 9.45. The largest absolute Gasteiger partial charge is 0.432 e. The Balaban J connectivity index is 2.71. The van der Waals surface area contributed by atoms with E-state index in [2.05, 4.69) is 0 Å². The van der Waals surface area contributed by atoms with Crippen molar-refractivity contribution in [2.45, 2.75) is 49.7 Å². The quantitative estimate of drug-likeness (QED) is 0.625. The first-order chi connectivity index (χ1) is 8.96. The molecule has 0 aromatic heterocycles. The number of hydrogen-bond acceptors (Lipinski definition) is 4. The zero-order chi connectivity index (χ0) is 15.6. The van der Waals surface area contributed by atoms with Crippen molar-refractivity contribution in [3.63, 3.8) is 0 Å². The van der Waals surface area contributed by atoms with Gasteiger partial charge in [0.15, 0.2) is 18.2 Å². The van der Waals surface area contributed by atoms with Crippen molar-refractivity contribution in [1.82, 2.24) is 0 Å². The number of nitrogens with two attached hydrogens (primary N) is 1. The third-order valence-electron chi connectivity index (χ3n) is 4.09. The Kier molecular flexibility index (Phi) is 5.05. The smallest absolute Gasteiger partial charge is 0.188 e. The fourth-order valence-electron chi connectivity index (χ4n) is 1.84. The molecule has 6 heteroatoms. The Hall–Kier alpha value is -0.853. The predicted molar refractivity (Wildman–Crippen MR) is 85.9 cm³/mol. The van der Waals surface area contributed by atoms with E-state index >= 15 is 0 Å². The standard InChI is InChI=1S/C14H25NO3SSi/c1-14(2,20(3,4)18)9-6-10-19(16,17)13-8-5-7-12(15)11-13/h5,7-8,11,18H,6,9-10,15H2,1-4H3. The van der Waals surface area contributed by atoms with Crippen LogP contribution in [0.4, 0.5) is 5.69 Å². The van der Waals surface area contributed by atoms with E-state index in [9.17, 15) is 13.2 Å². The summed E-state index contributed by atoms with van der Waals surface area (Å²) in [5.41, 5.74) is 6.07. The van der Waals surface area contributed by atoms with Gasteiger partial charge in [0.05, 0.1) is 10.6 Å². The van der Waals surface area contributed by atoms with Gasteiger partial charge in [0.2, 0.25) is 0 Å². The number of sulfone groups is 1. The molecule has 0 aliphatic carbocycles. The van der Waals surface area contributed by atoms with Crippen molar-refractivity contribution in [1.29, 1.82) is 0 Å². The van der Waals surface area contributed by atoms with Gasteiger partial charge >= 0.3 is 0 Å². The molecule has 0 unspecified atom stereocenters. The molecule has 0 amide bonds. The molecular weight excluding hydrogens is 290 g/mol. The molecule has 20 heavy (non-hydrogen) atoms. The van der Waals surface area contributed by atoms with Crippen LogP contribution in [0.25, 0.3) is 0 Å². The average Bonchev–Trinajstić information content (AvgIpc) is 2.26. The summed E-state index contributed by atoms with van der Waals surface area (Å²) in [5.74, 6) is 0.0877. The molecular formula is C14H25NO3SSi. The van der Waals surface area contributed by atoms with Gasteiger partial charge in [-0.2, -0.15) is 0 Å². The summed E-state index contributed by atoms with van der Waals surface area (Å²) in [6.07, 6.45) is 1.24. The second-order valence-corrected chi connectivity index (χ2v) is 13.0. The van der Waals surface area contributed by atoms with E-state index in [1.54, 1.807) is 18.2 Å². The van der Waals surface area contributed by atoms with Crippen LogP contribution in [0.1, 0.15) is 26.7 Å². The summed E-state index contributed by atoms with van der Waals surface area (Å²) in [5, 5.41) is -0.196. The summed E-state index contributed by atoms with van der Waals surface area (Å²) in [4.78, 5) is 10.5. The molecule has 1 aromatic carbocycles. The van der Waals surface area contributed by atoms with E-state index in [0.717, 1.165) is 0 Å². The van der Waals surface area contributed by atoms with Gasteiger partial charge in [0, 0.05) is 5.69 Å². The van der Waals surface area contributed by atoms with E-state index in [-0.39, 0.29) is 15.7 Å². The fraction of sp³-hybridized carbons (Fsp3) is 0.571. The normalized spacial score (nSPS) is 13.4. The molecule has 0 spiro atoms. The van der Waals surface area contributed by atoms with Crippen molar-refractivity contribution in [3.05, 3.63) is 24.3 Å². The van der Waals surface area contributed by atoms with Gasteiger partial charge < -0.3 is 10.5 Å². The maximum atomic E-state index is 12.2. The molecule has 1 aromatic rings. The minimum absolute atomic E-state index is 0.0877. The molecule has 3 N–H and O–H groups in total. The highest BCUT2D eigenvalue weighted by Crippen LogP contribution is 2.39. The van der Waals surface area contributed by atoms with Gasteiger partial charge in [-0.05, 0) is 49.2 Å². The summed E-state index contributed by atoms with van der Waals surface area (Å²) >= 11 is 0. The maximum Gasteiger partial charge on any atom is 0.188 e. The molecule has 0 aliphatic rings. The molecule has 0 saturated heterocycles. The summed E-state index contributed by atoms with van der Waals surface area (Å²) in [6, 6.07) is 6.38. The van der Waals surface area contributed by atoms with Gasteiger partial charge in [0.1, 0.15) is 0 Å².